The number of hydrogen-bond acceptors (Lipinski definition) is 9. The second kappa shape index (κ2) is 12.5. The Bertz CT molecular complexity index is 1960. The van der Waals surface area contributed by atoms with E-state index in [0.717, 1.165) is 47.8 Å². The minimum Gasteiger partial charge on any atom is -0.485 e. The van der Waals surface area contributed by atoms with E-state index >= 15 is 0 Å². The Hall–Kier alpha value is -4.44. The van der Waals surface area contributed by atoms with Crippen LogP contribution in [0.3, 0.4) is 0 Å². The van der Waals surface area contributed by atoms with Gasteiger partial charge >= 0.3 is 12.0 Å². The molecule has 0 bridgehead atoms. The van der Waals surface area contributed by atoms with Gasteiger partial charge in [0, 0.05) is 34.5 Å². The summed E-state index contributed by atoms with van der Waals surface area (Å²) in [6.45, 7) is 5.11. The fraction of sp³-hybridized carbons (Fsp3) is 0.436. The molecule has 4 aliphatic carbocycles. The van der Waals surface area contributed by atoms with Gasteiger partial charge in [0.1, 0.15) is 35.8 Å². The molecule has 0 amide bonds. The highest BCUT2D eigenvalue weighted by Gasteiger charge is 2.57. The van der Waals surface area contributed by atoms with Crippen LogP contribution in [0.1, 0.15) is 75.7 Å². The Balaban J connectivity index is 0.877. The number of carbonyl (C=O) groups excluding carboxylic acids is 1. The van der Waals surface area contributed by atoms with Gasteiger partial charge in [-0.3, -0.25) is 15.1 Å². The van der Waals surface area contributed by atoms with Crippen molar-refractivity contribution in [1.82, 2.24) is 4.98 Å². The van der Waals surface area contributed by atoms with Crippen LogP contribution in [0.2, 0.25) is 0 Å². The van der Waals surface area contributed by atoms with Crippen molar-refractivity contribution in [3.63, 3.8) is 0 Å². The zero-order chi connectivity index (χ0) is 33.8. The molecule has 9 nitrogen and oxygen atoms in total. The number of aromatic nitrogens is 1. The Morgan fingerprint density at radius 3 is 2.73 bits per heavy atom. The van der Waals surface area contributed by atoms with Crippen molar-refractivity contribution in [2.24, 2.45) is 28.6 Å². The number of fused-ring (bicyclic) bond motifs is 6. The molecule has 0 N–H and O–H groups in total. The van der Waals surface area contributed by atoms with Gasteiger partial charge in [-0.25, -0.2) is 4.79 Å². The summed E-state index contributed by atoms with van der Waals surface area (Å²) in [5.41, 5.74) is 5.42. The molecule has 10 heteroatoms. The quantitative estimate of drug-likeness (QED) is 0.0782. The molecule has 254 valence electrons. The molecular formula is C39H40N2O7S. The summed E-state index contributed by atoms with van der Waals surface area (Å²) in [5.74, 6) is 2.63. The van der Waals surface area contributed by atoms with E-state index in [4.69, 9.17) is 18.6 Å². The lowest BCUT2D eigenvalue weighted by molar-refractivity contribution is -0.402. The predicted molar refractivity (Wildman–Crippen MR) is 186 cm³/mol. The van der Waals surface area contributed by atoms with Crippen LogP contribution in [0, 0.1) is 38.7 Å². The molecular weight excluding hydrogens is 641 g/mol. The number of rotatable bonds is 8. The van der Waals surface area contributed by atoms with Crippen molar-refractivity contribution in [3.8, 4) is 5.75 Å². The molecule has 0 aliphatic heterocycles. The van der Waals surface area contributed by atoms with E-state index in [0.29, 0.717) is 29.3 Å². The molecule has 0 spiro atoms. The molecule has 2 fully saturated rings. The Kier molecular flexibility index (Phi) is 8.09. The topological polar surface area (TPSA) is 114 Å². The van der Waals surface area contributed by atoms with E-state index in [1.54, 1.807) is 0 Å². The second-order valence-electron chi connectivity index (χ2n) is 14.5. The third-order valence-corrected chi connectivity index (χ3v) is 13.1. The minimum atomic E-state index is -0.638. The number of pyridine rings is 1. The number of nitro groups is 1. The second-order valence-corrected chi connectivity index (χ2v) is 15.4. The highest BCUT2D eigenvalue weighted by Crippen LogP contribution is 2.66. The summed E-state index contributed by atoms with van der Waals surface area (Å²) in [4.78, 5) is 27.7. The first-order valence-corrected chi connectivity index (χ1v) is 18.1. The van der Waals surface area contributed by atoms with E-state index < -0.39 is 11.1 Å². The van der Waals surface area contributed by atoms with Crippen molar-refractivity contribution in [1.29, 1.82) is 0 Å². The smallest absolute Gasteiger partial charge is 0.485 e. The normalized spacial score (nSPS) is 28.9. The van der Waals surface area contributed by atoms with E-state index in [1.807, 2.05) is 42.0 Å². The van der Waals surface area contributed by atoms with Crippen LogP contribution >= 0.6 is 11.3 Å². The van der Waals surface area contributed by atoms with Crippen LogP contribution in [0.25, 0.3) is 15.7 Å². The van der Waals surface area contributed by atoms with E-state index in [9.17, 15) is 14.9 Å². The average molecular weight is 681 g/mol. The van der Waals surface area contributed by atoms with Crippen molar-refractivity contribution in [3.05, 3.63) is 105 Å². The lowest BCUT2D eigenvalue weighted by Crippen LogP contribution is -2.50. The standard InChI is InChI=1S/C39H40N2O7S/c1-38-16-13-27(20-26(38)6-8-29-32-10-9-31(24-4-3-18-40-21-24)39(32,2)17-14-33(29)38)48-37(42)46-22-25-5-11-34(30-15-19-49-36(25)30)45-23-28-7-12-35(47-28)41(43)44/h3-7,9,11-12,15,18-19,21,27,29,32-33H,8,10,13-14,16-17,20,22-23H2,1-2H3/t27?,29-,32-,33-,38-,39+/m0/s1. The zero-order valence-corrected chi connectivity index (χ0v) is 28.6. The van der Waals surface area contributed by atoms with Crippen LogP contribution in [-0.2, 0) is 22.7 Å². The summed E-state index contributed by atoms with van der Waals surface area (Å²) in [5, 5.41) is 13.7. The monoisotopic (exact) mass is 680 g/mol. The molecule has 6 atom stereocenters. The molecule has 3 heterocycles. The Labute approximate surface area is 289 Å². The minimum absolute atomic E-state index is 0.0590. The van der Waals surface area contributed by atoms with Crippen LogP contribution in [0.5, 0.6) is 5.75 Å². The first kappa shape index (κ1) is 31.8. The number of carbonyl (C=O) groups is 1. The zero-order valence-electron chi connectivity index (χ0n) is 27.8. The SMILES string of the molecule is C[C@]12CCC(OC(=O)OCc3ccc(OCc4ccc([N+](=O)[O-])o4)c4ccsc34)CC1=CC[C@@H]1[C@@H]2CC[C@]2(C)C(c3cccnc3)=CC[C@@H]12. The number of thiophene rings is 1. The number of nitrogens with zero attached hydrogens (tertiary/aromatic N) is 2. The fourth-order valence-corrected chi connectivity index (χ4v) is 10.5. The van der Waals surface area contributed by atoms with E-state index in [2.05, 4.69) is 37.0 Å². The third-order valence-electron chi connectivity index (χ3n) is 12.1. The molecule has 49 heavy (non-hydrogen) atoms. The van der Waals surface area contributed by atoms with Gasteiger partial charge in [0.05, 0.1) is 6.07 Å². The van der Waals surface area contributed by atoms with E-state index in [-0.39, 0.29) is 36.0 Å². The van der Waals surface area contributed by atoms with Gasteiger partial charge in [0.25, 0.3) is 0 Å². The van der Waals surface area contributed by atoms with Gasteiger partial charge in [-0.1, -0.05) is 43.7 Å². The van der Waals surface area contributed by atoms with Crippen molar-refractivity contribution in [2.75, 3.05) is 0 Å². The molecule has 4 aliphatic rings. The summed E-state index contributed by atoms with van der Waals surface area (Å²) in [6, 6.07) is 12.7. The first-order valence-electron chi connectivity index (χ1n) is 17.2. The predicted octanol–water partition coefficient (Wildman–Crippen LogP) is 10.1. The molecule has 8 rings (SSSR count). The van der Waals surface area contributed by atoms with Crippen molar-refractivity contribution < 1.29 is 28.3 Å². The molecule has 4 aromatic rings. The molecule has 1 unspecified atom stereocenters. The number of allylic oxidation sites excluding steroid dienone is 3. The third kappa shape index (κ3) is 5.63. The number of hydrogen-bond donors (Lipinski definition) is 0. The van der Waals surface area contributed by atoms with Gasteiger partial charge in [-0.15, -0.1) is 11.3 Å². The fourth-order valence-electron chi connectivity index (χ4n) is 9.60. The molecule has 3 aromatic heterocycles. The molecule has 0 saturated heterocycles. The summed E-state index contributed by atoms with van der Waals surface area (Å²) < 4.78 is 23.6. The summed E-state index contributed by atoms with van der Waals surface area (Å²) in [6.07, 6.45) is 15.3. The Morgan fingerprint density at radius 2 is 1.92 bits per heavy atom. The van der Waals surface area contributed by atoms with Gasteiger partial charge in [0.2, 0.25) is 0 Å². The maximum atomic E-state index is 13.0. The molecule has 1 aromatic carbocycles. The van der Waals surface area contributed by atoms with E-state index in [1.165, 1.54) is 53.0 Å². The van der Waals surface area contributed by atoms with Gasteiger partial charge in [-0.2, -0.15) is 0 Å². The van der Waals surface area contributed by atoms with Crippen molar-refractivity contribution >= 4 is 39.0 Å². The Morgan fingerprint density at radius 1 is 1.04 bits per heavy atom. The van der Waals surface area contributed by atoms with Crippen molar-refractivity contribution in [2.45, 2.75) is 78.1 Å². The maximum Gasteiger partial charge on any atom is 0.508 e. The van der Waals surface area contributed by atoms with Gasteiger partial charge in [0.15, 0.2) is 0 Å². The summed E-state index contributed by atoms with van der Waals surface area (Å²) in [7, 11) is 0. The van der Waals surface area contributed by atoms with Crippen LogP contribution < -0.4 is 4.74 Å². The molecule has 2 saturated carbocycles. The van der Waals surface area contributed by atoms with Crippen LogP contribution in [0.4, 0.5) is 10.7 Å². The number of furan rings is 1. The summed E-state index contributed by atoms with van der Waals surface area (Å²) >= 11 is 1.53. The highest BCUT2D eigenvalue weighted by atomic mass is 32.1. The van der Waals surface area contributed by atoms with Gasteiger partial charge < -0.3 is 18.6 Å². The lowest BCUT2D eigenvalue weighted by Gasteiger charge is -2.57. The largest absolute Gasteiger partial charge is 0.508 e. The lowest BCUT2D eigenvalue weighted by atomic mass is 9.47. The first-order chi connectivity index (χ1) is 23.7. The number of benzene rings is 1. The molecule has 0 radical (unpaired) electrons. The highest BCUT2D eigenvalue weighted by molar-refractivity contribution is 7.17. The maximum absolute atomic E-state index is 13.0. The average Bonchev–Trinajstić information content (AvgIpc) is 3.86. The van der Waals surface area contributed by atoms with Crippen LogP contribution in [-0.4, -0.2) is 22.2 Å². The van der Waals surface area contributed by atoms with Gasteiger partial charge in [-0.05, 0) is 108 Å². The van der Waals surface area contributed by atoms with Crippen LogP contribution in [0.15, 0.2) is 82.4 Å². The number of ether oxygens (including phenoxy) is 3.